The number of hydrogen-bond acceptors (Lipinski definition) is 4. The van der Waals surface area contributed by atoms with Crippen LogP contribution in [0.5, 0.6) is 5.75 Å². The molecule has 0 saturated heterocycles. The van der Waals surface area contributed by atoms with E-state index in [0.717, 1.165) is 36.5 Å². The minimum atomic E-state index is 0.0256. The highest BCUT2D eigenvalue weighted by atomic mass is 16.5. The maximum Gasteiger partial charge on any atom is 0.161 e. The second-order valence-corrected chi connectivity index (χ2v) is 5.10. The molecule has 0 aliphatic rings. The summed E-state index contributed by atoms with van der Waals surface area (Å²) >= 11 is 0. The normalized spacial score (nSPS) is 12.6. The lowest BCUT2D eigenvalue weighted by atomic mass is 10.0. The van der Waals surface area contributed by atoms with E-state index in [1.54, 1.807) is 13.3 Å². The first-order valence-corrected chi connectivity index (χ1v) is 7.45. The minimum absolute atomic E-state index is 0.0256. The molecule has 0 bridgehead atoms. The van der Waals surface area contributed by atoms with E-state index in [1.165, 1.54) is 5.56 Å². The van der Waals surface area contributed by atoms with E-state index < -0.39 is 0 Å². The van der Waals surface area contributed by atoms with Crippen molar-refractivity contribution in [2.45, 2.75) is 39.3 Å². The maximum absolute atomic E-state index is 5.51. The van der Waals surface area contributed by atoms with Gasteiger partial charge in [0, 0.05) is 25.4 Å². The van der Waals surface area contributed by atoms with Crippen LogP contribution >= 0.6 is 0 Å². The van der Waals surface area contributed by atoms with Crippen LogP contribution in [-0.4, -0.2) is 33.7 Å². The molecule has 0 spiro atoms. The van der Waals surface area contributed by atoms with Gasteiger partial charge in [0.05, 0.1) is 25.0 Å². The van der Waals surface area contributed by atoms with Gasteiger partial charge in [0.25, 0.3) is 0 Å². The predicted molar refractivity (Wildman–Crippen MR) is 82.6 cm³/mol. The zero-order chi connectivity index (χ0) is 15.4. The summed E-state index contributed by atoms with van der Waals surface area (Å²) in [6.45, 7) is 5.14. The Morgan fingerprint density at radius 1 is 1.38 bits per heavy atom. The quantitative estimate of drug-likeness (QED) is 0.846. The largest absolute Gasteiger partial charge is 0.493 e. The zero-order valence-electron chi connectivity index (χ0n) is 13.6. The van der Waals surface area contributed by atoms with Gasteiger partial charge >= 0.3 is 0 Å². The number of nitrogens with one attached hydrogen (secondary N) is 1. The molecule has 0 saturated carbocycles. The Balaban J connectivity index is 2.52. The number of hydrogen-bond donors (Lipinski definition) is 1. The molecule has 6 heteroatoms. The van der Waals surface area contributed by atoms with E-state index in [2.05, 4.69) is 35.6 Å². The van der Waals surface area contributed by atoms with E-state index in [4.69, 9.17) is 4.74 Å². The van der Waals surface area contributed by atoms with Crippen molar-refractivity contribution in [2.75, 3.05) is 14.2 Å². The van der Waals surface area contributed by atoms with Gasteiger partial charge in [-0.2, -0.15) is 10.2 Å². The van der Waals surface area contributed by atoms with Crippen molar-refractivity contribution in [3.8, 4) is 5.75 Å². The SMILES string of the molecule is CCCn1ncc(OC)c1C(NC)c1cn(C)nc1CC. The van der Waals surface area contributed by atoms with Gasteiger partial charge in [-0.15, -0.1) is 0 Å². The van der Waals surface area contributed by atoms with Crippen LogP contribution in [0, 0.1) is 0 Å². The molecule has 21 heavy (non-hydrogen) atoms. The first-order chi connectivity index (χ1) is 10.2. The number of rotatable bonds is 7. The number of ether oxygens (including phenoxy) is 1. The van der Waals surface area contributed by atoms with Crippen LogP contribution < -0.4 is 10.1 Å². The first-order valence-electron chi connectivity index (χ1n) is 7.45. The van der Waals surface area contributed by atoms with Gasteiger partial charge < -0.3 is 10.1 Å². The summed E-state index contributed by atoms with van der Waals surface area (Å²) in [5, 5.41) is 12.4. The van der Waals surface area contributed by atoms with Crippen molar-refractivity contribution in [2.24, 2.45) is 7.05 Å². The second-order valence-electron chi connectivity index (χ2n) is 5.10. The molecule has 6 nitrogen and oxygen atoms in total. The van der Waals surface area contributed by atoms with Gasteiger partial charge in [0.2, 0.25) is 0 Å². The molecule has 0 aliphatic carbocycles. The molecule has 0 aliphatic heterocycles. The average molecular weight is 291 g/mol. The molecule has 1 atom stereocenters. The molecule has 2 aromatic heterocycles. The summed E-state index contributed by atoms with van der Waals surface area (Å²) in [7, 11) is 5.60. The fourth-order valence-corrected chi connectivity index (χ4v) is 2.72. The number of aromatic nitrogens is 4. The van der Waals surface area contributed by atoms with E-state index in [1.807, 2.05) is 23.5 Å². The van der Waals surface area contributed by atoms with Crippen molar-refractivity contribution in [1.82, 2.24) is 24.9 Å². The second kappa shape index (κ2) is 6.76. The molecule has 2 rings (SSSR count). The third-order valence-electron chi connectivity index (χ3n) is 3.65. The Hall–Kier alpha value is -1.82. The monoisotopic (exact) mass is 291 g/mol. The highest BCUT2D eigenvalue weighted by Gasteiger charge is 2.25. The van der Waals surface area contributed by atoms with Crippen LogP contribution in [-0.2, 0) is 20.0 Å². The van der Waals surface area contributed by atoms with Crippen LogP contribution in [0.2, 0.25) is 0 Å². The van der Waals surface area contributed by atoms with Gasteiger partial charge in [0.1, 0.15) is 5.69 Å². The summed E-state index contributed by atoms with van der Waals surface area (Å²) in [6.07, 6.45) is 5.79. The van der Waals surface area contributed by atoms with Crippen LogP contribution in [0.3, 0.4) is 0 Å². The van der Waals surface area contributed by atoms with Crippen molar-refractivity contribution in [3.05, 3.63) is 29.3 Å². The molecule has 0 fully saturated rings. The summed E-state index contributed by atoms with van der Waals surface area (Å²) < 4.78 is 9.39. The smallest absolute Gasteiger partial charge is 0.161 e. The lowest BCUT2D eigenvalue weighted by Crippen LogP contribution is -2.23. The summed E-state index contributed by atoms with van der Waals surface area (Å²) in [5.41, 5.74) is 3.34. The third kappa shape index (κ3) is 2.95. The standard InChI is InChI=1S/C15H25N5O/c1-6-8-20-15(13(21-5)9-17-20)14(16-3)11-10-19(4)18-12(11)7-2/h9-10,14,16H,6-8H2,1-5H3. The first kappa shape index (κ1) is 15.6. The summed E-state index contributed by atoms with van der Waals surface area (Å²) in [6, 6.07) is 0.0256. The molecule has 1 unspecified atom stereocenters. The van der Waals surface area contributed by atoms with Gasteiger partial charge in [-0.1, -0.05) is 13.8 Å². The van der Waals surface area contributed by atoms with Gasteiger partial charge in [-0.05, 0) is 19.9 Å². The van der Waals surface area contributed by atoms with E-state index >= 15 is 0 Å². The van der Waals surface area contributed by atoms with Crippen molar-refractivity contribution in [3.63, 3.8) is 0 Å². The van der Waals surface area contributed by atoms with E-state index in [-0.39, 0.29) is 6.04 Å². The van der Waals surface area contributed by atoms with Crippen molar-refractivity contribution >= 4 is 0 Å². The highest BCUT2D eigenvalue weighted by Crippen LogP contribution is 2.31. The Kier molecular flexibility index (Phi) is 5.01. The predicted octanol–water partition coefficient (Wildman–Crippen LogP) is 1.91. The molecule has 1 N–H and O–H groups in total. The molecule has 2 heterocycles. The summed E-state index contributed by atoms with van der Waals surface area (Å²) in [5.74, 6) is 0.814. The number of methoxy groups -OCH3 is 1. The fourth-order valence-electron chi connectivity index (χ4n) is 2.72. The minimum Gasteiger partial charge on any atom is -0.493 e. The molecule has 0 amide bonds. The third-order valence-corrected chi connectivity index (χ3v) is 3.65. The van der Waals surface area contributed by atoms with E-state index in [9.17, 15) is 0 Å². The van der Waals surface area contributed by atoms with Crippen molar-refractivity contribution < 1.29 is 4.74 Å². The van der Waals surface area contributed by atoms with Crippen LogP contribution in [0.1, 0.15) is 43.3 Å². The topological polar surface area (TPSA) is 56.9 Å². The molecular weight excluding hydrogens is 266 g/mol. The molecule has 2 aromatic rings. The molecular formula is C15H25N5O. The number of nitrogens with zero attached hydrogens (tertiary/aromatic N) is 4. The van der Waals surface area contributed by atoms with Crippen LogP contribution in [0.25, 0.3) is 0 Å². The van der Waals surface area contributed by atoms with Crippen molar-refractivity contribution in [1.29, 1.82) is 0 Å². The van der Waals surface area contributed by atoms with Gasteiger partial charge in [0.15, 0.2) is 5.75 Å². The van der Waals surface area contributed by atoms with E-state index in [0.29, 0.717) is 0 Å². The lowest BCUT2D eigenvalue weighted by molar-refractivity contribution is 0.400. The average Bonchev–Trinajstić information content (AvgIpc) is 3.05. The Morgan fingerprint density at radius 2 is 2.14 bits per heavy atom. The Labute approximate surface area is 126 Å². The summed E-state index contributed by atoms with van der Waals surface area (Å²) in [4.78, 5) is 0. The Bertz CT molecular complexity index is 587. The molecule has 0 radical (unpaired) electrons. The van der Waals surface area contributed by atoms with Gasteiger partial charge in [-0.25, -0.2) is 0 Å². The fraction of sp³-hybridized carbons (Fsp3) is 0.600. The maximum atomic E-state index is 5.51. The lowest BCUT2D eigenvalue weighted by Gasteiger charge is -2.19. The highest BCUT2D eigenvalue weighted by molar-refractivity contribution is 5.37. The Morgan fingerprint density at radius 3 is 2.71 bits per heavy atom. The molecule has 0 aromatic carbocycles. The molecule has 116 valence electrons. The van der Waals surface area contributed by atoms with Crippen LogP contribution in [0.4, 0.5) is 0 Å². The number of aryl methyl sites for hydroxylation is 3. The van der Waals surface area contributed by atoms with Gasteiger partial charge in [-0.3, -0.25) is 9.36 Å². The van der Waals surface area contributed by atoms with Crippen LogP contribution in [0.15, 0.2) is 12.4 Å². The zero-order valence-corrected chi connectivity index (χ0v) is 13.6.